The molecule has 1 aliphatic carbocycles. The zero-order valence-electron chi connectivity index (χ0n) is 13.8. The molecular formula is C17H19ClN4OS2. The van der Waals surface area contributed by atoms with E-state index < -0.39 is 0 Å². The number of hydrogen-bond acceptors (Lipinski definition) is 6. The van der Waals surface area contributed by atoms with Crippen LogP contribution in [0.25, 0.3) is 0 Å². The highest BCUT2D eigenvalue weighted by Gasteiger charge is 2.19. The van der Waals surface area contributed by atoms with Crippen LogP contribution in [0, 0.1) is 0 Å². The number of anilines is 1. The molecule has 8 heteroatoms. The molecule has 3 heterocycles. The molecule has 1 amide bonds. The molecule has 0 radical (unpaired) electrons. The Morgan fingerprint density at radius 1 is 1.24 bits per heavy atom. The number of halogens is 1. The number of hydrazone groups is 1. The van der Waals surface area contributed by atoms with Gasteiger partial charge in [-0.2, -0.15) is 5.10 Å². The van der Waals surface area contributed by atoms with E-state index in [2.05, 4.69) is 20.4 Å². The lowest BCUT2D eigenvalue weighted by Gasteiger charge is -2.25. The van der Waals surface area contributed by atoms with Crippen molar-refractivity contribution in [2.75, 3.05) is 18.0 Å². The fraction of sp³-hybridized carbons (Fsp3) is 0.471. The Bertz CT molecular complexity index is 786. The fourth-order valence-corrected chi connectivity index (χ4v) is 5.57. The Morgan fingerprint density at radius 3 is 2.88 bits per heavy atom. The minimum Gasteiger partial charge on any atom is -0.348 e. The van der Waals surface area contributed by atoms with Gasteiger partial charge in [0.1, 0.15) is 0 Å². The maximum absolute atomic E-state index is 12.2. The van der Waals surface area contributed by atoms with E-state index in [9.17, 15) is 4.79 Å². The summed E-state index contributed by atoms with van der Waals surface area (Å²) in [5.41, 5.74) is 3.92. The molecule has 1 aliphatic heterocycles. The predicted octanol–water partition coefficient (Wildman–Crippen LogP) is 4.10. The first-order chi connectivity index (χ1) is 12.2. The summed E-state index contributed by atoms with van der Waals surface area (Å²) in [6, 6.07) is 1.99. The average Bonchev–Trinajstić information content (AvgIpc) is 3.30. The molecule has 0 atom stereocenters. The zero-order valence-corrected chi connectivity index (χ0v) is 16.1. The minimum atomic E-state index is -0.160. The van der Waals surface area contributed by atoms with E-state index in [-0.39, 0.29) is 5.91 Å². The molecule has 0 unspecified atom stereocenters. The Morgan fingerprint density at radius 2 is 2.08 bits per heavy atom. The summed E-state index contributed by atoms with van der Waals surface area (Å²) in [6.07, 6.45) is 8.63. The molecule has 25 heavy (non-hydrogen) atoms. The van der Waals surface area contributed by atoms with Crippen molar-refractivity contribution in [3.63, 3.8) is 0 Å². The number of carbonyl (C=O) groups is 1. The van der Waals surface area contributed by atoms with Gasteiger partial charge in [-0.05, 0) is 50.2 Å². The number of nitrogens with one attached hydrogen (secondary N) is 1. The quantitative estimate of drug-likeness (QED) is 0.627. The van der Waals surface area contributed by atoms with Crippen LogP contribution in [0.2, 0.25) is 5.15 Å². The van der Waals surface area contributed by atoms with Crippen molar-refractivity contribution >= 4 is 51.5 Å². The average molecular weight is 395 g/mol. The number of fused-ring (bicyclic) bond motifs is 1. The van der Waals surface area contributed by atoms with Crippen molar-refractivity contribution in [2.24, 2.45) is 5.10 Å². The third kappa shape index (κ3) is 3.73. The maximum Gasteiger partial charge on any atom is 0.281 e. The van der Waals surface area contributed by atoms with Gasteiger partial charge in [-0.25, -0.2) is 10.4 Å². The number of aromatic nitrogens is 1. The predicted molar refractivity (Wildman–Crippen MR) is 105 cm³/mol. The highest BCUT2D eigenvalue weighted by Crippen LogP contribution is 2.31. The monoisotopic (exact) mass is 394 g/mol. The van der Waals surface area contributed by atoms with Gasteiger partial charge in [0.15, 0.2) is 10.3 Å². The van der Waals surface area contributed by atoms with Crippen LogP contribution in [-0.2, 0) is 12.8 Å². The van der Waals surface area contributed by atoms with Gasteiger partial charge >= 0.3 is 0 Å². The molecule has 1 N–H and O–H groups in total. The van der Waals surface area contributed by atoms with Gasteiger partial charge in [-0.1, -0.05) is 22.9 Å². The van der Waals surface area contributed by atoms with E-state index in [1.165, 1.54) is 47.5 Å². The number of rotatable bonds is 4. The van der Waals surface area contributed by atoms with E-state index in [1.54, 1.807) is 17.6 Å². The summed E-state index contributed by atoms with van der Waals surface area (Å²) in [5.74, 6) is -0.160. The van der Waals surface area contributed by atoms with E-state index in [1.807, 2.05) is 6.07 Å². The minimum absolute atomic E-state index is 0.160. The van der Waals surface area contributed by atoms with Gasteiger partial charge in [-0.15, -0.1) is 11.3 Å². The lowest BCUT2D eigenvalue weighted by molar-refractivity contribution is 0.0959. The van der Waals surface area contributed by atoms with Gasteiger partial charge in [0, 0.05) is 18.0 Å². The summed E-state index contributed by atoms with van der Waals surface area (Å²) in [4.78, 5) is 21.7. The topological polar surface area (TPSA) is 57.6 Å². The van der Waals surface area contributed by atoms with Crippen molar-refractivity contribution in [1.29, 1.82) is 0 Å². The van der Waals surface area contributed by atoms with Crippen molar-refractivity contribution in [3.8, 4) is 0 Å². The van der Waals surface area contributed by atoms with E-state index >= 15 is 0 Å². The number of thiophene rings is 1. The standard InChI is InChI=1S/C17H19ClN4OS2/c18-15-14(25-17(20-15)22-7-2-1-3-8-22)10-19-21-16(23)13-9-11-5-4-6-12(11)24-13/h9-10H,1-8H2,(H,21,23)/b19-10-. The number of amides is 1. The van der Waals surface area contributed by atoms with Gasteiger partial charge in [0.05, 0.1) is 16.0 Å². The Hall–Kier alpha value is -1.44. The molecule has 2 aromatic heterocycles. The number of nitrogens with zero attached hydrogens (tertiary/aromatic N) is 3. The van der Waals surface area contributed by atoms with Crippen LogP contribution in [0.3, 0.4) is 0 Å². The Labute approximate surface area is 159 Å². The normalized spacial score (nSPS) is 17.2. The molecule has 2 aliphatic rings. The lowest BCUT2D eigenvalue weighted by atomic mass is 10.1. The molecule has 1 saturated heterocycles. The summed E-state index contributed by atoms with van der Waals surface area (Å²) in [5, 5.41) is 5.45. The van der Waals surface area contributed by atoms with Crippen LogP contribution in [0.1, 0.15) is 50.7 Å². The summed E-state index contributed by atoms with van der Waals surface area (Å²) in [6.45, 7) is 2.06. The third-order valence-electron chi connectivity index (χ3n) is 4.54. The van der Waals surface area contributed by atoms with Gasteiger partial charge in [0.25, 0.3) is 5.91 Å². The SMILES string of the molecule is O=C(N/N=C\c1sc(N2CCCCC2)nc1Cl)c1cc2c(s1)CCC2. The first-order valence-electron chi connectivity index (χ1n) is 8.57. The first kappa shape index (κ1) is 17.0. The smallest absolute Gasteiger partial charge is 0.281 e. The van der Waals surface area contributed by atoms with Gasteiger partial charge in [0.2, 0.25) is 0 Å². The van der Waals surface area contributed by atoms with Crippen LogP contribution < -0.4 is 10.3 Å². The Balaban J connectivity index is 1.39. The maximum atomic E-state index is 12.2. The van der Waals surface area contributed by atoms with E-state index in [0.717, 1.165) is 40.8 Å². The summed E-state index contributed by atoms with van der Waals surface area (Å²) in [7, 11) is 0. The second kappa shape index (κ2) is 7.43. The van der Waals surface area contributed by atoms with Crippen LogP contribution >= 0.6 is 34.3 Å². The largest absolute Gasteiger partial charge is 0.348 e. The highest BCUT2D eigenvalue weighted by molar-refractivity contribution is 7.17. The van der Waals surface area contributed by atoms with Crippen LogP contribution in [0.5, 0.6) is 0 Å². The van der Waals surface area contributed by atoms with Crippen molar-refractivity contribution in [3.05, 3.63) is 31.4 Å². The second-order valence-electron chi connectivity index (χ2n) is 6.31. The lowest BCUT2D eigenvalue weighted by Crippen LogP contribution is -2.29. The molecule has 0 aromatic carbocycles. The van der Waals surface area contributed by atoms with Crippen molar-refractivity contribution < 1.29 is 4.79 Å². The third-order valence-corrected chi connectivity index (χ3v) is 7.23. The molecule has 2 aromatic rings. The molecule has 1 fully saturated rings. The van der Waals surface area contributed by atoms with Gasteiger partial charge < -0.3 is 4.90 Å². The molecule has 0 bridgehead atoms. The molecule has 5 nitrogen and oxygen atoms in total. The number of aryl methyl sites for hydroxylation is 2. The van der Waals surface area contributed by atoms with Gasteiger partial charge in [-0.3, -0.25) is 4.79 Å². The highest BCUT2D eigenvalue weighted by atomic mass is 35.5. The molecule has 132 valence electrons. The molecular weight excluding hydrogens is 376 g/mol. The molecule has 0 spiro atoms. The van der Waals surface area contributed by atoms with E-state index in [0.29, 0.717) is 5.15 Å². The zero-order chi connectivity index (χ0) is 17.2. The number of thiazole rings is 1. The number of piperidine rings is 1. The van der Waals surface area contributed by atoms with Crippen molar-refractivity contribution in [1.82, 2.24) is 10.4 Å². The van der Waals surface area contributed by atoms with Crippen LogP contribution in [0.4, 0.5) is 5.13 Å². The van der Waals surface area contributed by atoms with Crippen LogP contribution in [0.15, 0.2) is 11.2 Å². The Kier molecular flexibility index (Phi) is 5.05. The summed E-state index contributed by atoms with van der Waals surface area (Å²) >= 11 is 9.31. The molecule has 0 saturated carbocycles. The fourth-order valence-electron chi connectivity index (χ4n) is 3.25. The number of hydrogen-bond donors (Lipinski definition) is 1. The molecule has 4 rings (SSSR count). The van der Waals surface area contributed by atoms with E-state index in [4.69, 9.17) is 11.6 Å². The van der Waals surface area contributed by atoms with Crippen LogP contribution in [-0.4, -0.2) is 30.2 Å². The summed E-state index contributed by atoms with van der Waals surface area (Å²) < 4.78 is 0. The van der Waals surface area contributed by atoms with Crippen molar-refractivity contribution in [2.45, 2.75) is 38.5 Å². The second-order valence-corrected chi connectivity index (χ2v) is 8.81. The number of carbonyl (C=O) groups excluding carboxylic acids is 1. The first-order valence-corrected chi connectivity index (χ1v) is 10.6.